The van der Waals surface area contributed by atoms with E-state index in [0.717, 1.165) is 12.2 Å². The van der Waals surface area contributed by atoms with Crippen LogP contribution in [0.5, 0.6) is 0 Å². The fourth-order valence-corrected chi connectivity index (χ4v) is 2.36. The molecule has 0 aliphatic rings. The van der Waals surface area contributed by atoms with Gasteiger partial charge >= 0.3 is 0 Å². The lowest BCUT2D eigenvalue weighted by atomic mass is 10.4. The number of rotatable bonds is 4. The van der Waals surface area contributed by atoms with Gasteiger partial charge in [-0.15, -0.1) is 11.3 Å². The molecule has 11 heavy (non-hydrogen) atoms. The van der Waals surface area contributed by atoms with Crippen LogP contribution in [0.1, 0.15) is 23.7 Å². The second-order valence-corrected chi connectivity index (χ2v) is 4.69. The van der Waals surface area contributed by atoms with E-state index in [1.54, 1.807) is 0 Å². The van der Waals surface area contributed by atoms with Crippen molar-refractivity contribution in [2.75, 3.05) is 5.75 Å². The first kappa shape index (κ1) is 9.07. The highest BCUT2D eigenvalue weighted by molar-refractivity contribution is 7.98. The van der Waals surface area contributed by atoms with E-state index in [1.165, 1.54) is 15.6 Å². The SMILES string of the molecule is CCSCc1ncc(CC)s1. The van der Waals surface area contributed by atoms with E-state index in [9.17, 15) is 0 Å². The number of aryl methyl sites for hydroxylation is 1. The van der Waals surface area contributed by atoms with Gasteiger partial charge in [0.2, 0.25) is 0 Å². The van der Waals surface area contributed by atoms with Gasteiger partial charge in [0.05, 0.1) is 0 Å². The first-order valence-electron chi connectivity index (χ1n) is 3.88. The average molecular weight is 187 g/mol. The summed E-state index contributed by atoms with van der Waals surface area (Å²) in [6.07, 6.45) is 3.12. The number of hydrogen-bond donors (Lipinski definition) is 0. The van der Waals surface area contributed by atoms with Gasteiger partial charge in [-0.25, -0.2) is 4.98 Å². The third kappa shape index (κ3) is 2.83. The van der Waals surface area contributed by atoms with Crippen molar-refractivity contribution in [2.24, 2.45) is 0 Å². The zero-order chi connectivity index (χ0) is 8.10. The standard InChI is InChI=1S/C8H13NS2/c1-3-7-5-9-8(11-7)6-10-4-2/h5H,3-4,6H2,1-2H3. The molecule has 0 spiro atoms. The normalized spacial score (nSPS) is 10.4. The molecular formula is C8H13NS2. The molecule has 0 aliphatic heterocycles. The van der Waals surface area contributed by atoms with Crippen molar-refractivity contribution in [3.63, 3.8) is 0 Å². The molecule has 1 aromatic heterocycles. The first-order chi connectivity index (χ1) is 5.36. The van der Waals surface area contributed by atoms with Crippen LogP contribution in [0.3, 0.4) is 0 Å². The number of aromatic nitrogens is 1. The van der Waals surface area contributed by atoms with Crippen LogP contribution >= 0.6 is 23.1 Å². The third-order valence-corrected chi connectivity index (χ3v) is 3.59. The second kappa shape index (κ2) is 4.78. The number of hydrogen-bond acceptors (Lipinski definition) is 3. The predicted octanol–water partition coefficient (Wildman–Crippen LogP) is 2.96. The second-order valence-electron chi connectivity index (χ2n) is 2.21. The van der Waals surface area contributed by atoms with Gasteiger partial charge in [-0.2, -0.15) is 11.8 Å². The van der Waals surface area contributed by atoms with Gasteiger partial charge in [-0.3, -0.25) is 0 Å². The Morgan fingerprint density at radius 2 is 2.36 bits per heavy atom. The Morgan fingerprint density at radius 3 is 2.91 bits per heavy atom. The lowest BCUT2D eigenvalue weighted by molar-refractivity contribution is 1.16. The van der Waals surface area contributed by atoms with Crippen LogP contribution in [-0.4, -0.2) is 10.7 Å². The summed E-state index contributed by atoms with van der Waals surface area (Å²) in [5, 5.41) is 1.27. The topological polar surface area (TPSA) is 12.9 Å². The van der Waals surface area contributed by atoms with Gasteiger partial charge < -0.3 is 0 Å². The molecule has 3 heteroatoms. The van der Waals surface area contributed by atoms with Crippen molar-refractivity contribution in [1.29, 1.82) is 0 Å². The molecule has 0 unspecified atom stereocenters. The average Bonchev–Trinajstić information content (AvgIpc) is 2.48. The van der Waals surface area contributed by atoms with E-state index in [-0.39, 0.29) is 0 Å². The summed E-state index contributed by atoms with van der Waals surface area (Å²) in [5.74, 6) is 2.27. The van der Waals surface area contributed by atoms with Crippen molar-refractivity contribution < 1.29 is 0 Å². The van der Waals surface area contributed by atoms with Gasteiger partial charge in [0.25, 0.3) is 0 Å². The molecule has 1 nitrogen and oxygen atoms in total. The summed E-state index contributed by atoms with van der Waals surface area (Å²) in [6, 6.07) is 0. The van der Waals surface area contributed by atoms with Crippen LogP contribution in [0, 0.1) is 0 Å². The van der Waals surface area contributed by atoms with Crippen molar-refractivity contribution in [3.8, 4) is 0 Å². The summed E-state index contributed by atoms with van der Waals surface area (Å²) in [7, 11) is 0. The minimum absolute atomic E-state index is 1.08. The summed E-state index contributed by atoms with van der Waals surface area (Å²) in [6.45, 7) is 4.35. The Labute approximate surface area is 76.2 Å². The minimum atomic E-state index is 1.08. The summed E-state index contributed by atoms with van der Waals surface area (Å²) >= 11 is 3.77. The molecule has 1 heterocycles. The number of thiazole rings is 1. The Balaban J connectivity index is 2.44. The largest absolute Gasteiger partial charge is 0.249 e. The maximum absolute atomic E-state index is 4.32. The maximum Gasteiger partial charge on any atom is 0.103 e. The quantitative estimate of drug-likeness (QED) is 0.719. The monoisotopic (exact) mass is 187 g/mol. The third-order valence-electron chi connectivity index (χ3n) is 1.38. The highest BCUT2D eigenvalue weighted by Gasteiger charge is 1.98. The lowest BCUT2D eigenvalue weighted by Gasteiger charge is -1.90. The molecule has 0 saturated carbocycles. The fourth-order valence-electron chi connectivity index (χ4n) is 0.768. The van der Waals surface area contributed by atoms with Crippen molar-refractivity contribution in [1.82, 2.24) is 4.98 Å². The molecule has 1 aromatic rings. The number of thioether (sulfide) groups is 1. The van der Waals surface area contributed by atoms with Crippen LogP contribution in [0.2, 0.25) is 0 Å². The fraction of sp³-hybridized carbons (Fsp3) is 0.625. The minimum Gasteiger partial charge on any atom is -0.249 e. The van der Waals surface area contributed by atoms with Crippen molar-refractivity contribution in [2.45, 2.75) is 26.0 Å². The molecule has 0 aromatic carbocycles. The Bertz CT molecular complexity index is 208. The summed E-state index contributed by atoms with van der Waals surface area (Å²) in [4.78, 5) is 5.72. The smallest absolute Gasteiger partial charge is 0.103 e. The van der Waals surface area contributed by atoms with E-state index in [0.29, 0.717) is 0 Å². The van der Waals surface area contributed by atoms with Crippen molar-refractivity contribution >= 4 is 23.1 Å². The molecular weight excluding hydrogens is 174 g/mol. The van der Waals surface area contributed by atoms with E-state index in [2.05, 4.69) is 18.8 Å². The molecule has 1 rings (SSSR count). The molecule has 0 saturated heterocycles. The molecule has 0 atom stereocenters. The van der Waals surface area contributed by atoms with Gasteiger partial charge in [-0.05, 0) is 12.2 Å². The Hall–Kier alpha value is -0.0200. The molecule has 62 valence electrons. The van der Waals surface area contributed by atoms with E-state index < -0.39 is 0 Å². The van der Waals surface area contributed by atoms with E-state index in [1.807, 2.05) is 29.3 Å². The van der Waals surface area contributed by atoms with E-state index in [4.69, 9.17) is 0 Å². The lowest BCUT2D eigenvalue weighted by Crippen LogP contribution is -1.75. The molecule has 0 fully saturated rings. The Morgan fingerprint density at radius 1 is 1.55 bits per heavy atom. The molecule has 0 aliphatic carbocycles. The zero-order valence-electron chi connectivity index (χ0n) is 6.96. The van der Waals surface area contributed by atoms with E-state index >= 15 is 0 Å². The van der Waals surface area contributed by atoms with Crippen LogP contribution in [0.15, 0.2) is 6.20 Å². The van der Waals surface area contributed by atoms with Crippen LogP contribution < -0.4 is 0 Å². The summed E-state index contributed by atoms with van der Waals surface area (Å²) in [5.41, 5.74) is 0. The van der Waals surface area contributed by atoms with Gasteiger partial charge in [-0.1, -0.05) is 13.8 Å². The van der Waals surface area contributed by atoms with Gasteiger partial charge in [0.15, 0.2) is 0 Å². The zero-order valence-corrected chi connectivity index (χ0v) is 8.60. The molecule has 0 radical (unpaired) electrons. The Kier molecular flexibility index (Phi) is 3.94. The van der Waals surface area contributed by atoms with Crippen LogP contribution in [-0.2, 0) is 12.2 Å². The van der Waals surface area contributed by atoms with Crippen LogP contribution in [0.4, 0.5) is 0 Å². The molecule has 0 amide bonds. The first-order valence-corrected chi connectivity index (χ1v) is 5.85. The van der Waals surface area contributed by atoms with Crippen molar-refractivity contribution in [3.05, 3.63) is 16.1 Å². The van der Waals surface area contributed by atoms with Crippen LogP contribution in [0.25, 0.3) is 0 Å². The predicted molar refractivity (Wildman–Crippen MR) is 53.3 cm³/mol. The summed E-state index contributed by atoms with van der Waals surface area (Å²) < 4.78 is 0. The molecule has 0 bridgehead atoms. The highest BCUT2D eigenvalue weighted by Crippen LogP contribution is 2.18. The maximum atomic E-state index is 4.32. The van der Waals surface area contributed by atoms with Gasteiger partial charge in [0.1, 0.15) is 5.01 Å². The molecule has 0 N–H and O–H groups in total. The highest BCUT2D eigenvalue weighted by atomic mass is 32.2. The number of nitrogens with zero attached hydrogens (tertiary/aromatic N) is 1. The van der Waals surface area contributed by atoms with Gasteiger partial charge in [0, 0.05) is 16.8 Å².